The van der Waals surface area contributed by atoms with Crippen LogP contribution in [0.3, 0.4) is 0 Å². The van der Waals surface area contributed by atoms with Gasteiger partial charge in [-0.15, -0.1) is 0 Å². The van der Waals surface area contributed by atoms with Gasteiger partial charge in [0.25, 0.3) is 0 Å². The molecular formula is C28H32O7. The van der Waals surface area contributed by atoms with Crippen LogP contribution < -0.4 is 0 Å². The zero-order chi connectivity index (χ0) is 25.2. The van der Waals surface area contributed by atoms with Gasteiger partial charge in [0.1, 0.15) is 6.10 Å². The van der Waals surface area contributed by atoms with E-state index in [9.17, 15) is 24.6 Å². The SMILES string of the molecule is CCOCCCC(=O)C=C[C@H]1[C@H](CC(=O)O)[C@H](O)C[C@@H]1OC(=O)c1ccc(-c2ccccc2)cc1. The predicted molar refractivity (Wildman–Crippen MR) is 131 cm³/mol. The highest BCUT2D eigenvalue weighted by Gasteiger charge is 2.44. The summed E-state index contributed by atoms with van der Waals surface area (Å²) >= 11 is 0. The van der Waals surface area contributed by atoms with Gasteiger partial charge in [-0.25, -0.2) is 4.79 Å². The molecule has 2 aromatic rings. The number of carboxylic acids is 1. The lowest BCUT2D eigenvalue weighted by Crippen LogP contribution is -2.26. The first-order chi connectivity index (χ1) is 16.9. The number of carbonyl (C=O) groups excluding carboxylic acids is 2. The lowest BCUT2D eigenvalue weighted by molar-refractivity contribution is -0.139. The summed E-state index contributed by atoms with van der Waals surface area (Å²) in [5, 5.41) is 19.8. The Labute approximate surface area is 205 Å². The quantitative estimate of drug-likeness (QED) is 0.265. The van der Waals surface area contributed by atoms with Gasteiger partial charge in [0.05, 0.1) is 18.1 Å². The van der Waals surface area contributed by atoms with Crippen LogP contribution in [0.5, 0.6) is 0 Å². The fourth-order valence-corrected chi connectivity index (χ4v) is 4.40. The summed E-state index contributed by atoms with van der Waals surface area (Å²) in [5.74, 6) is -2.97. The monoisotopic (exact) mass is 480 g/mol. The molecule has 1 aliphatic rings. The lowest BCUT2D eigenvalue weighted by Gasteiger charge is -2.21. The summed E-state index contributed by atoms with van der Waals surface area (Å²) in [6.07, 6.45) is 2.01. The van der Waals surface area contributed by atoms with Gasteiger partial charge in [-0.2, -0.15) is 0 Å². The Morgan fingerprint density at radius 3 is 2.37 bits per heavy atom. The van der Waals surface area contributed by atoms with Crippen molar-refractivity contribution >= 4 is 17.7 Å². The van der Waals surface area contributed by atoms with Crippen molar-refractivity contribution < 1.29 is 34.1 Å². The molecule has 35 heavy (non-hydrogen) atoms. The third-order valence-corrected chi connectivity index (χ3v) is 6.21. The van der Waals surface area contributed by atoms with E-state index in [-0.39, 0.29) is 18.6 Å². The minimum atomic E-state index is -1.06. The molecule has 0 saturated heterocycles. The molecule has 0 unspecified atom stereocenters. The molecule has 0 aromatic heterocycles. The molecule has 0 amide bonds. The molecule has 1 fully saturated rings. The Morgan fingerprint density at radius 1 is 1.03 bits per heavy atom. The van der Waals surface area contributed by atoms with Crippen LogP contribution in [-0.4, -0.2) is 53.4 Å². The standard InChI is InChI=1S/C28H32O7/c1-2-34-16-6-9-22(29)14-15-23-24(17-27(31)32)25(30)18-26(23)35-28(33)21-12-10-20(11-13-21)19-7-4-3-5-8-19/h3-5,7-8,10-15,23-26,30H,2,6,9,16-18H2,1H3,(H,31,32)/t23-,24-,25+,26-/m0/s1. The van der Waals surface area contributed by atoms with Gasteiger partial charge in [0, 0.05) is 37.9 Å². The van der Waals surface area contributed by atoms with Crippen molar-refractivity contribution in [3.05, 3.63) is 72.3 Å². The Bertz CT molecular complexity index is 1010. The van der Waals surface area contributed by atoms with Crippen molar-refractivity contribution in [3.63, 3.8) is 0 Å². The highest BCUT2D eigenvalue weighted by atomic mass is 16.5. The van der Waals surface area contributed by atoms with E-state index in [1.165, 1.54) is 6.08 Å². The molecule has 0 radical (unpaired) electrons. The number of hydrogen-bond donors (Lipinski definition) is 2. The van der Waals surface area contributed by atoms with Crippen molar-refractivity contribution in [1.29, 1.82) is 0 Å². The smallest absolute Gasteiger partial charge is 0.338 e. The van der Waals surface area contributed by atoms with Gasteiger partial charge >= 0.3 is 11.9 Å². The Kier molecular flexibility index (Phi) is 9.76. The third-order valence-electron chi connectivity index (χ3n) is 6.21. The van der Waals surface area contributed by atoms with Crippen molar-refractivity contribution in [2.45, 2.75) is 44.8 Å². The van der Waals surface area contributed by atoms with Crippen LogP contribution in [0.2, 0.25) is 0 Å². The molecule has 4 atom stereocenters. The maximum Gasteiger partial charge on any atom is 0.338 e. The maximum atomic E-state index is 12.8. The fraction of sp³-hybridized carbons (Fsp3) is 0.393. The summed E-state index contributed by atoms with van der Waals surface area (Å²) in [4.78, 5) is 36.5. The maximum absolute atomic E-state index is 12.8. The van der Waals surface area contributed by atoms with Gasteiger partial charge in [-0.3, -0.25) is 9.59 Å². The van der Waals surface area contributed by atoms with E-state index in [1.54, 1.807) is 18.2 Å². The average Bonchev–Trinajstić information content (AvgIpc) is 3.14. The largest absolute Gasteiger partial charge is 0.481 e. The summed E-state index contributed by atoms with van der Waals surface area (Å²) in [7, 11) is 0. The third kappa shape index (κ3) is 7.60. The zero-order valence-electron chi connectivity index (χ0n) is 19.8. The normalized spacial score (nSPS) is 21.8. The van der Waals surface area contributed by atoms with E-state index >= 15 is 0 Å². The average molecular weight is 481 g/mol. The van der Waals surface area contributed by atoms with Crippen molar-refractivity contribution in [1.82, 2.24) is 0 Å². The molecule has 3 rings (SSSR count). The second kappa shape index (κ2) is 13.0. The van der Waals surface area contributed by atoms with Gasteiger partial charge in [-0.1, -0.05) is 48.5 Å². The number of carbonyl (C=O) groups is 3. The molecule has 1 aliphatic carbocycles. The first-order valence-electron chi connectivity index (χ1n) is 11.9. The number of benzene rings is 2. The fourth-order valence-electron chi connectivity index (χ4n) is 4.40. The van der Waals surface area contributed by atoms with Crippen molar-refractivity contribution in [3.8, 4) is 11.1 Å². The number of carboxylic acid groups (broad SMARTS) is 1. The number of hydrogen-bond acceptors (Lipinski definition) is 6. The van der Waals surface area contributed by atoms with E-state index < -0.39 is 36.0 Å². The summed E-state index contributed by atoms with van der Waals surface area (Å²) in [5.41, 5.74) is 2.35. The zero-order valence-corrected chi connectivity index (χ0v) is 19.8. The second-order valence-corrected chi connectivity index (χ2v) is 8.66. The van der Waals surface area contributed by atoms with Gasteiger partial charge < -0.3 is 19.7 Å². The van der Waals surface area contributed by atoms with E-state index in [1.807, 2.05) is 49.4 Å². The molecule has 0 bridgehead atoms. The van der Waals surface area contributed by atoms with E-state index in [2.05, 4.69) is 0 Å². The summed E-state index contributed by atoms with van der Waals surface area (Å²) in [6, 6.07) is 16.8. The van der Waals surface area contributed by atoms with Crippen LogP contribution in [-0.2, 0) is 19.1 Å². The molecule has 7 nitrogen and oxygen atoms in total. The number of ether oxygens (including phenoxy) is 2. The highest BCUT2D eigenvalue weighted by molar-refractivity contribution is 5.90. The van der Waals surface area contributed by atoms with Crippen molar-refractivity contribution in [2.75, 3.05) is 13.2 Å². The number of ketones is 1. The minimum Gasteiger partial charge on any atom is -0.481 e. The Hall–Kier alpha value is -3.29. The molecule has 0 heterocycles. The number of aliphatic hydroxyl groups is 1. The minimum absolute atomic E-state index is 0.110. The second-order valence-electron chi connectivity index (χ2n) is 8.66. The number of aliphatic carboxylic acids is 1. The van der Waals surface area contributed by atoms with Crippen LogP contribution in [0.1, 0.15) is 43.0 Å². The predicted octanol–water partition coefficient (Wildman–Crippen LogP) is 4.29. The van der Waals surface area contributed by atoms with Gasteiger partial charge in [0.2, 0.25) is 0 Å². The van der Waals surface area contributed by atoms with E-state index in [0.717, 1.165) is 11.1 Å². The van der Waals surface area contributed by atoms with E-state index in [0.29, 0.717) is 31.6 Å². The molecule has 186 valence electrons. The molecular weight excluding hydrogens is 448 g/mol. The summed E-state index contributed by atoms with van der Waals surface area (Å²) < 4.78 is 10.9. The van der Waals surface area contributed by atoms with Crippen LogP contribution in [0.25, 0.3) is 11.1 Å². The van der Waals surface area contributed by atoms with Crippen LogP contribution in [0.15, 0.2) is 66.7 Å². The van der Waals surface area contributed by atoms with Gasteiger partial charge in [0.15, 0.2) is 5.78 Å². The molecule has 1 saturated carbocycles. The van der Waals surface area contributed by atoms with Crippen LogP contribution >= 0.6 is 0 Å². The molecule has 0 spiro atoms. The highest BCUT2D eigenvalue weighted by Crippen LogP contribution is 2.38. The Balaban J connectivity index is 1.69. The first-order valence-corrected chi connectivity index (χ1v) is 11.9. The first kappa shape index (κ1) is 26.3. The Morgan fingerprint density at radius 2 is 1.71 bits per heavy atom. The van der Waals surface area contributed by atoms with Crippen LogP contribution in [0, 0.1) is 11.8 Å². The molecule has 7 heteroatoms. The van der Waals surface area contributed by atoms with Crippen LogP contribution in [0.4, 0.5) is 0 Å². The van der Waals surface area contributed by atoms with Gasteiger partial charge in [-0.05, 0) is 42.7 Å². The number of allylic oxidation sites excluding steroid dienone is 1. The number of aliphatic hydroxyl groups excluding tert-OH is 1. The number of esters is 1. The summed E-state index contributed by atoms with van der Waals surface area (Å²) in [6.45, 7) is 2.96. The molecule has 2 aromatic carbocycles. The molecule has 0 aliphatic heterocycles. The topological polar surface area (TPSA) is 110 Å². The van der Waals surface area contributed by atoms with Crippen molar-refractivity contribution in [2.24, 2.45) is 11.8 Å². The number of rotatable bonds is 12. The molecule has 2 N–H and O–H groups in total. The lowest BCUT2D eigenvalue weighted by atomic mass is 9.90. The van der Waals surface area contributed by atoms with E-state index in [4.69, 9.17) is 9.47 Å².